The molecule has 1 aromatic carbocycles. The summed E-state index contributed by atoms with van der Waals surface area (Å²) in [5.41, 5.74) is 7.35. The zero-order valence-electron chi connectivity index (χ0n) is 21.1. The van der Waals surface area contributed by atoms with E-state index in [4.69, 9.17) is 5.73 Å². The van der Waals surface area contributed by atoms with Crippen molar-refractivity contribution in [1.29, 1.82) is 0 Å². The maximum atomic E-state index is 13.6. The Morgan fingerprint density at radius 1 is 1.09 bits per heavy atom. The van der Waals surface area contributed by atoms with Crippen molar-refractivity contribution in [3.05, 3.63) is 58.3 Å². The van der Waals surface area contributed by atoms with E-state index < -0.39 is 6.04 Å². The Morgan fingerprint density at radius 3 is 2.49 bits per heavy atom. The lowest BCUT2D eigenvalue weighted by atomic mass is 9.90. The molecule has 2 aliphatic rings. The molecule has 6 nitrogen and oxygen atoms in total. The molecule has 7 heteroatoms. The number of nitrogens with two attached hydrogens (primary N) is 1. The number of hydrogen-bond donors (Lipinski definition) is 2. The number of nitrogens with zero attached hydrogens (tertiary/aromatic N) is 2. The molecule has 0 spiro atoms. The highest BCUT2D eigenvalue weighted by molar-refractivity contribution is 7.12. The molecule has 2 atom stereocenters. The number of piperidine rings is 1. The van der Waals surface area contributed by atoms with Crippen molar-refractivity contribution >= 4 is 23.2 Å². The molecule has 2 amide bonds. The van der Waals surface area contributed by atoms with Crippen LogP contribution in [-0.2, 0) is 11.3 Å². The predicted molar refractivity (Wildman–Crippen MR) is 142 cm³/mol. The first-order valence-electron chi connectivity index (χ1n) is 13.1. The number of thiophene rings is 1. The van der Waals surface area contributed by atoms with Gasteiger partial charge in [-0.05, 0) is 61.5 Å². The molecule has 2 heterocycles. The fraction of sp³-hybridized carbons (Fsp3) is 0.571. The van der Waals surface area contributed by atoms with Crippen LogP contribution in [0.4, 0.5) is 0 Å². The Kier molecular flexibility index (Phi) is 8.98. The molecule has 2 fully saturated rings. The summed E-state index contributed by atoms with van der Waals surface area (Å²) in [7, 11) is 0. The van der Waals surface area contributed by atoms with E-state index in [2.05, 4.69) is 48.3 Å². The largest absolute Gasteiger partial charge is 0.352 e. The minimum Gasteiger partial charge on any atom is -0.352 e. The monoisotopic (exact) mass is 496 g/mol. The Morgan fingerprint density at radius 2 is 1.83 bits per heavy atom. The third-order valence-corrected chi connectivity index (χ3v) is 8.19. The molecule has 1 aromatic heterocycles. The van der Waals surface area contributed by atoms with E-state index >= 15 is 0 Å². The summed E-state index contributed by atoms with van der Waals surface area (Å²) in [5.74, 6) is 0.482. The smallest absolute Gasteiger partial charge is 0.264 e. The molecule has 1 saturated heterocycles. The molecule has 3 N–H and O–H groups in total. The van der Waals surface area contributed by atoms with Gasteiger partial charge in [0, 0.05) is 37.8 Å². The lowest BCUT2D eigenvalue weighted by Gasteiger charge is -2.43. The van der Waals surface area contributed by atoms with Crippen LogP contribution in [0.25, 0.3) is 0 Å². The molecular formula is C28H40N4O2S. The molecule has 35 heavy (non-hydrogen) atoms. The number of carbonyl (C=O) groups excluding carboxylic acids is 2. The number of nitrogens with one attached hydrogen (secondary N) is 1. The van der Waals surface area contributed by atoms with Crippen LogP contribution >= 0.6 is 11.3 Å². The van der Waals surface area contributed by atoms with Gasteiger partial charge < -0.3 is 16.0 Å². The van der Waals surface area contributed by atoms with Gasteiger partial charge in [-0.15, -0.1) is 11.3 Å². The molecule has 1 saturated carbocycles. The van der Waals surface area contributed by atoms with Crippen LogP contribution in [0.5, 0.6) is 0 Å². The van der Waals surface area contributed by atoms with Crippen LogP contribution in [-0.4, -0.2) is 58.9 Å². The predicted octanol–water partition coefficient (Wildman–Crippen LogP) is 4.27. The van der Waals surface area contributed by atoms with Crippen molar-refractivity contribution in [3.8, 4) is 0 Å². The average molecular weight is 497 g/mol. The zero-order valence-corrected chi connectivity index (χ0v) is 21.9. The molecule has 1 aliphatic carbocycles. The minimum absolute atomic E-state index is 0.00992. The topological polar surface area (TPSA) is 78.7 Å². The van der Waals surface area contributed by atoms with Gasteiger partial charge in [0.2, 0.25) is 5.91 Å². The Labute approximate surface area is 213 Å². The normalized spacial score (nSPS) is 25.1. The number of amides is 2. The lowest BCUT2D eigenvalue weighted by molar-refractivity contribution is -0.128. The van der Waals surface area contributed by atoms with Crippen molar-refractivity contribution in [2.45, 2.75) is 83.1 Å². The third kappa shape index (κ3) is 6.93. The second-order valence-electron chi connectivity index (χ2n) is 10.6. The summed E-state index contributed by atoms with van der Waals surface area (Å²) < 4.78 is 0. The quantitative estimate of drug-likeness (QED) is 0.572. The van der Waals surface area contributed by atoms with E-state index in [1.165, 1.54) is 16.9 Å². The van der Waals surface area contributed by atoms with Crippen molar-refractivity contribution < 1.29 is 9.59 Å². The van der Waals surface area contributed by atoms with Crippen LogP contribution < -0.4 is 11.1 Å². The van der Waals surface area contributed by atoms with Gasteiger partial charge in [0.05, 0.1) is 4.88 Å². The Hall–Kier alpha value is -2.22. The van der Waals surface area contributed by atoms with E-state index in [0.717, 1.165) is 45.2 Å². The second kappa shape index (κ2) is 12.2. The van der Waals surface area contributed by atoms with E-state index in [9.17, 15) is 9.59 Å². The van der Waals surface area contributed by atoms with Gasteiger partial charge in [0.25, 0.3) is 5.91 Å². The number of rotatable bonds is 8. The van der Waals surface area contributed by atoms with E-state index in [1.54, 1.807) is 0 Å². The molecular weight excluding hydrogens is 456 g/mol. The molecule has 4 rings (SSSR count). The highest BCUT2D eigenvalue weighted by Gasteiger charge is 2.39. The van der Waals surface area contributed by atoms with Gasteiger partial charge in [0.15, 0.2) is 0 Å². The van der Waals surface area contributed by atoms with Crippen LogP contribution in [0.3, 0.4) is 0 Å². The molecule has 0 bridgehead atoms. The minimum atomic E-state index is -0.454. The van der Waals surface area contributed by atoms with E-state index in [0.29, 0.717) is 23.8 Å². The number of likely N-dealkylation sites (tertiary alicyclic amines) is 1. The molecule has 190 valence electrons. The number of benzene rings is 1. The van der Waals surface area contributed by atoms with Gasteiger partial charge in [-0.3, -0.25) is 14.5 Å². The second-order valence-corrected chi connectivity index (χ2v) is 11.5. The molecule has 0 radical (unpaired) electrons. The number of carbonyl (C=O) groups is 2. The van der Waals surface area contributed by atoms with Gasteiger partial charge in [-0.1, -0.05) is 50.2 Å². The first-order chi connectivity index (χ1) is 16.9. The fourth-order valence-corrected chi connectivity index (χ4v) is 6.18. The van der Waals surface area contributed by atoms with Crippen molar-refractivity contribution in [2.24, 2.45) is 11.7 Å². The molecule has 1 unspecified atom stereocenters. The van der Waals surface area contributed by atoms with Gasteiger partial charge in [0.1, 0.15) is 6.04 Å². The Balaban J connectivity index is 1.52. The SMILES string of the molecule is CC(C)CN(Cc1ccccc1)C1CCN(C(=O)c2cccs2)[C@@H](C(=O)NC2CCC(N)CC2)C1. The highest BCUT2D eigenvalue weighted by Crippen LogP contribution is 2.28. The van der Waals surface area contributed by atoms with E-state index in [-0.39, 0.29) is 29.9 Å². The fourth-order valence-electron chi connectivity index (χ4n) is 5.50. The van der Waals surface area contributed by atoms with Gasteiger partial charge in [-0.2, -0.15) is 0 Å². The highest BCUT2D eigenvalue weighted by atomic mass is 32.1. The third-order valence-electron chi connectivity index (χ3n) is 7.33. The standard InChI is InChI=1S/C28H40N4O2S/c1-20(2)18-31(19-21-7-4-3-5-8-21)24-14-15-32(28(34)26-9-6-16-35-26)25(17-24)27(33)30-23-12-10-22(29)11-13-23/h3-9,16,20,22-25H,10-15,17-19,29H2,1-2H3,(H,30,33)/t22?,23?,24?,25-/m1/s1. The summed E-state index contributed by atoms with van der Waals surface area (Å²) in [6, 6.07) is 14.5. The summed E-state index contributed by atoms with van der Waals surface area (Å²) in [6.07, 6.45) is 5.24. The zero-order chi connectivity index (χ0) is 24.8. The van der Waals surface area contributed by atoms with Crippen LogP contribution in [0.1, 0.15) is 67.6 Å². The summed E-state index contributed by atoms with van der Waals surface area (Å²) in [6.45, 7) is 6.90. The Bertz CT molecular complexity index is 941. The van der Waals surface area contributed by atoms with Crippen molar-refractivity contribution in [3.63, 3.8) is 0 Å². The maximum absolute atomic E-state index is 13.6. The van der Waals surface area contributed by atoms with Gasteiger partial charge in [-0.25, -0.2) is 0 Å². The molecule has 1 aliphatic heterocycles. The van der Waals surface area contributed by atoms with Crippen LogP contribution in [0, 0.1) is 5.92 Å². The van der Waals surface area contributed by atoms with Crippen LogP contribution in [0.2, 0.25) is 0 Å². The summed E-state index contributed by atoms with van der Waals surface area (Å²) in [5, 5.41) is 5.21. The number of hydrogen-bond acceptors (Lipinski definition) is 5. The van der Waals surface area contributed by atoms with Crippen molar-refractivity contribution in [1.82, 2.24) is 15.1 Å². The molecule has 2 aromatic rings. The lowest BCUT2D eigenvalue weighted by Crippen LogP contribution is -2.58. The average Bonchev–Trinajstić information content (AvgIpc) is 3.40. The first kappa shape index (κ1) is 25.9. The van der Waals surface area contributed by atoms with Crippen LogP contribution in [0.15, 0.2) is 47.8 Å². The first-order valence-corrected chi connectivity index (χ1v) is 14.0. The van der Waals surface area contributed by atoms with Crippen molar-refractivity contribution in [2.75, 3.05) is 13.1 Å². The summed E-state index contributed by atoms with van der Waals surface area (Å²) in [4.78, 5) is 32.1. The maximum Gasteiger partial charge on any atom is 0.264 e. The van der Waals surface area contributed by atoms with Gasteiger partial charge >= 0.3 is 0 Å². The summed E-state index contributed by atoms with van der Waals surface area (Å²) >= 11 is 1.44. The van der Waals surface area contributed by atoms with E-state index in [1.807, 2.05) is 28.5 Å².